The van der Waals surface area contributed by atoms with Gasteiger partial charge in [0.05, 0.1) is 34.9 Å². The number of esters is 1. The number of ether oxygens (including phenoxy) is 1. The lowest BCUT2D eigenvalue weighted by Crippen LogP contribution is -2.22. The Morgan fingerprint density at radius 1 is 0.578 bits per heavy atom. The summed E-state index contributed by atoms with van der Waals surface area (Å²) in [6.45, 7) is 8.86. The Bertz CT molecular complexity index is 3160. The summed E-state index contributed by atoms with van der Waals surface area (Å²) in [5, 5.41) is 0.0965. The van der Waals surface area contributed by atoms with Crippen molar-refractivity contribution in [1.82, 2.24) is 19.9 Å². The van der Waals surface area contributed by atoms with Gasteiger partial charge in [-0.25, -0.2) is 14.8 Å². The van der Waals surface area contributed by atoms with E-state index >= 15 is 0 Å². The van der Waals surface area contributed by atoms with Crippen LogP contribution in [0.5, 0.6) is 0 Å². The highest BCUT2D eigenvalue weighted by molar-refractivity contribution is 14.1. The lowest BCUT2D eigenvalue weighted by atomic mass is 10.0. The zero-order valence-corrected chi connectivity index (χ0v) is 41.9. The van der Waals surface area contributed by atoms with E-state index in [1.165, 1.54) is 11.8 Å². The normalized spacial score (nSPS) is 12.2. The van der Waals surface area contributed by atoms with Gasteiger partial charge in [0.1, 0.15) is 0 Å². The van der Waals surface area contributed by atoms with Crippen molar-refractivity contribution in [3.8, 4) is 44.5 Å². The molecule has 7 aromatic rings. The lowest BCUT2D eigenvalue weighted by Gasteiger charge is -2.15. The molecule has 64 heavy (non-hydrogen) atoms. The number of nitrogens with zero attached hydrogens (tertiary/aromatic N) is 2. The summed E-state index contributed by atoms with van der Waals surface area (Å²) >= 11 is 6.04. The molecule has 0 spiro atoms. The Hall–Kier alpha value is -5.35. The molecule has 11 heteroatoms. The first-order valence-electron chi connectivity index (χ1n) is 21.1. The van der Waals surface area contributed by atoms with Gasteiger partial charge in [0.25, 0.3) is 0 Å². The molecule has 7 nitrogen and oxygen atoms in total. The second-order valence-corrected chi connectivity index (χ2v) is 26.3. The smallest absolute Gasteiger partial charge is 0.338 e. The van der Waals surface area contributed by atoms with Crippen LogP contribution in [0.4, 0.5) is 0 Å². The quantitative estimate of drug-likeness (QED) is 0.0804. The highest BCUT2D eigenvalue weighted by atomic mass is 127. The molecule has 0 aliphatic carbocycles. The zero-order chi connectivity index (χ0) is 44.5. The van der Waals surface area contributed by atoms with E-state index in [0.29, 0.717) is 17.9 Å². The summed E-state index contributed by atoms with van der Waals surface area (Å²) in [7, 11) is -1.36. The number of carbonyl (C=O) groups excluding carboxylic acids is 2. The van der Waals surface area contributed by atoms with E-state index in [-0.39, 0.29) is 11.1 Å². The average molecular weight is 1100 g/mol. The predicted molar refractivity (Wildman–Crippen MR) is 286 cm³/mol. The monoisotopic (exact) mass is 1100 g/mol. The molecule has 2 N–H and O–H groups in total. The molecule has 8 bridgehead atoms. The van der Waals surface area contributed by atoms with Crippen molar-refractivity contribution in [3.63, 3.8) is 0 Å². The summed E-state index contributed by atoms with van der Waals surface area (Å²) in [6.07, 6.45) is 8.38. The van der Waals surface area contributed by atoms with Gasteiger partial charge >= 0.3 is 5.97 Å². The first-order chi connectivity index (χ1) is 30.9. The van der Waals surface area contributed by atoms with Gasteiger partial charge in [0.2, 0.25) is 0 Å². The van der Waals surface area contributed by atoms with Gasteiger partial charge in [-0.05, 0) is 164 Å². The SMILES string of the molecule is CC(=O)SCc1ccc(-c2c3nc(c(-c4cccc(I)c4)c4ccc([nH]4)c(-c4ccc(C(=O)OCC[Si](C)(C)C)cc4)c4nc(c(-c5cccc(I)c5)c5ccc2[nH]5)C=C4)C=C3)cc1. The number of aromatic nitrogens is 4. The van der Waals surface area contributed by atoms with Crippen molar-refractivity contribution in [2.45, 2.75) is 38.4 Å². The molecule has 3 aromatic heterocycles. The molecule has 5 heterocycles. The first kappa shape index (κ1) is 43.9. The molecule has 4 aromatic carbocycles. The van der Waals surface area contributed by atoms with Crippen LogP contribution in [0, 0.1) is 7.14 Å². The van der Waals surface area contributed by atoms with Crippen LogP contribution >= 0.6 is 56.9 Å². The summed E-state index contributed by atoms with van der Waals surface area (Å²) < 4.78 is 7.94. The van der Waals surface area contributed by atoms with Crippen molar-refractivity contribution < 1.29 is 14.3 Å². The highest BCUT2D eigenvalue weighted by Crippen LogP contribution is 2.39. The molecule has 0 radical (unpaired) electrons. The van der Waals surface area contributed by atoms with Crippen molar-refractivity contribution in [2.24, 2.45) is 0 Å². The van der Waals surface area contributed by atoms with Gasteiger partial charge in [-0.1, -0.05) is 92.1 Å². The van der Waals surface area contributed by atoms with Gasteiger partial charge in [0, 0.05) is 72.2 Å². The molecule has 0 atom stereocenters. The molecule has 0 saturated heterocycles. The van der Waals surface area contributed by atoms with Gasteiger partial charge in [0.15, 0.2) is 5.12 Å². The number of halogens is 2. The van der Waals surface area contributed by atoms with Crippen LogP contribution in [0.2, 0.25) is 25.7 Å². The van der Waals surface area contributed by atoms with Crippen LogP contribution in [0.25, 0.3) is 90.9 Å². The molecular weight excluding hydrogens is 1050 g/mol. The molecule has 0 saturated carbocycles. The number of thioether (sulfide) groups is 1. The third kappa shape index (κ3) is 9.68. The van der Waals surface area contributed by atoms with Gasteiger partial charge in [-0.15, -0.1) is 0 Å². The average Bonchev–Trinajstić information content (AvgIpc) is 4.11. The van der Waals surface area contributed by atoms with Crippen LogP contribution in [-0.4, -0.2) is 45.7 Å². The van der Waals surface area contributed by atoms with E-state index in [1.54, 1.807) is 6.92 Å². The van der Waals surface area contributed by atoms with E-state index < -0.39 is 8.07 Å². The molecule has 0 fully saturated rings. The van der Waals surface area contributed by atoms with E-state index in [2.05, 4.69) is 196 Å². The van der Waals surface area contributed by atoms with E-state index in [9.17, 15) is 9.59 Å². The standard InChI is InChI=1S/C53H44I2N4O3SSi/c1-32(60)63-31-33-11-13-34(14-12-33)49-41-19-23-45(56-41)51(37-7-5-9-39(54)29-37)47-25-21-43(58-47)50(35-15-17-36(18-16-35)53(61)62-27-28-64(2,3)4)44-22-26-48(59-44)52(46-24-20-42(49)57-46)38-8-6-10-40(55)30-38/h5-26,29-30,56,59H,27-28,31H2,1-4H3. The van der Waals surface area contributed by atoms with Crippen molar-refractivity contribution >= 4 is 122 Å². The Kier molecular flexibility index (Phi) is 12.8. The van der Waals surface area contributed by atoms with Crippen LogP contribution in [0.3, 0.4) is 0 Å². The van der Waals surface area contributed by atoms with Gasteiger partial charge in [-0.3, -0.25) is 4.79 Å². The fourth-order valence-corrected chi connectivity index (χ4v) is 10.3. The summed E-state index contributed by atoms with van der Waals surface area (Å²) in [5.41, 5.74) is 16.2. The van der Waals surface area contributed by atoms with Crippen LogP contribution < -0.4 is 0 Å². The molecule has 2 aliphatic heterocycles. The minimum atomic E-state index is -1.36. The number of fused-ring (bicyclic) bond motifs is 8. The Labute approximate surface area is 405 Å². The van der Waals surface area contributed by atoms with E-state index in [4.69, 9.17) is 14.7 Å². The fourth-order valence-electron chi connectivity index (χ4n) is 7.97. The number of hydrogen-bond donors (Lipinski definition) is 2. The van der Waals surface area contributed by atoms with Crippen molar-refractivity contribution in [3.05, 3.63) is 162 Å². The van der Waals surface area contributed by atoms with Crippen molar-refractivity contribution in [2.75, 3.05) is 6.61 Å². The topological polar surface area (TPSA) is 101 Å². The maximum atomic E-state index is 13.2. The number of benzene rings is 4. The van der Waals surface area contributed by atoms with E-state index in [0.717, 1.165) is 108 Å². The Balaban J connectivity index is 1.33. The zero-order valence-electron chi connectivity index (χ0n) is 35.8. The number of rotatable bonds is 10. The first-order valence-corrected chi connectivity index (χ1v) is 27.9. The Morgan fingerprint density at radius 2 is 1.00 bits per heavy atom. The van der Waals surface area contributed by atoms with Crippen LogP contribution in [0.1, 0.15) is 45.6 Å². The second kappa shape index (κ2) is 18.6. The number of hydrogen-bond acceptors (Lipinski definition) is 6. The predicted octanol–water partition coefficient (Wildman–Crippen LogP) is 14.8. The minimum absolute atomic E-state index is 0.0965. The third-order valence-electron chi connectivity index (χ3n) is 11.2. The fraction of sp³-hybridized carbons (Fsp3) is 0.132. The van der Waals surface area contributed by atoms with E-state index in [1.807, 2.05) is 24.3 Å². The summed E-state index contributed by atoms with van der Waals surface area (Å²) in [4.78, 5) is 43.5. The molecule has 2 aliphatic rings. The van der Waals surface area contributed by atoms with Crippen molar-refractivity contribution in [1.29, 1.82) is 0 Å². The number of H-pyrrole nitrogens is 2. The number of aromatic amines is 2. The number of nitrogens with one attached hydrogen (secondary N) is 2. The molecule has 0 amide bonds. The minimum Gasteiger partial charge on any atom is -0.462 e. The van der Waals surface area contributed by atoms with Gasteiger partial charge in [-0.2, -0.15) is 0 Å². The molecule has 9 rings (SSSR count). The highest BCUT2D eigenvalue weighted by Gasteiger charge is 2.20. The van der Waals surface area contributed by atoms with Gasteiger partial charge < -0.3 is 14.7 Å². The second-order valence-electron chi connectivity index (χ2n) is 17.0. The third-order valence-corrected chi connectivity index (χ3v) is 15.1. The van der Waals surface area contributed by atoms with Crippen LogP contribution in [0.15, 0.2) is 121 Å². The largest absolute Gasteiger partial charge is 0.462 e. The lowest BCUT2D eigenvalue weighted by molar-refractivity contribution is -0.109. The van der Waals surface area contributed by atoms with Crippen LogP contribution in [-0.2, 0) is 15.3 Å². The molecule has 318 valence electrons. The summed E-state index contributed by atoms with van der Waals surface area (Å²) in [5.74, 6) is 0.300. The Morgan fingerprint density at radius 3 is 1.41 bits per heavy atom. The maximum Gasteiger partial charge on any atom is 0.338 e. The molecule has 0 unspecified atom stereocenters. The maximum absolute atomic E-state index is 13.2. The summed E-state index contributed by atoms with van der Waals surface area (Å²) in [6, 6.07) is 42.5. The molecular formula is C53H44I2N4O3SSi. The number of carbonyl (C=O) groups is 2.